The highest BCUT2D eigenvalue weighted by Crippen LogP contribution is 2.23. The van der Waals surface area contributed by atoms with Gasteiger partial charge in [0.1, 0.15) is 0 Å². The first-order chi connectivity index (χ1) is 6.90. The smallest absolute Gasteiger partial charge is 0.0710 e. The lowest BCUT2D eigenvalue weighted by molar-refractivity contribution is 0.831. The number of hydrogen-bond acceptors (Lipinski definition) is 3. The fraction of sp³-hybridized carbons (Fsp3) is 0.182. The zero-order chi connectivity index (χ0) is 9.80. The van der Waals surface area contributed by atoms with Gasteiger partial charge >= 0.3 is 0 Å². The minimum atomic E-state index is 0.928. The SMILES string of the molecule is CNCc1cc(-c2ccccn2)cs1. The van der Waals surface area contributed by atoms with Gasteiger partial charge in [0.25, 0.3) is 0 Å². The summed E-state index contributed by atoms with van der Waals surface area (Å²) < 4.78 is 0. The molecular weight excluding hydrogens is 192 g/mol. The van der Waals surface area contributed by atoms with Crippen molar-refractivity contribution in [3.8, 4) is 11.3 Å². The molecule has 72 valence electrons. The van der Waals surface area contributed by atoms with E-state index in [9.17, 15) is 0 Å². The van der Waals surface area contributed by atoms with Crippen LogP contribution in [0, 0.1) is 0 Å². The third kappa shape index (κ3) is 2.00. The van der Waals surface area contributed by atoms with Crippen LogP contribution in [-0.2, 0) is 6.54 Å². The molecule has 0 saturated heterocycles. The molecule has 0 unspecified atom stereocenters. The van der Waals surface area contributed by atoms with E-state index in [1.54, 1.807) is 11.3 Å². The maximum atomic E-state index is 4.31. The van der Waals surface area contributed by atoms with Crippen LogP contribution in [0.5, 0.6) is 0 Å². The van der Waals surface area contributed by atoms with Gasteiger partial charge in [-0.15, -0.1) is 11.3 Å². The Morgan fingerprint density at radius 3 is 3.07 bits per heavy atom. The van der Waals surface area contributed by atoms with Gasteiger partial charge in [-0.1, -0.05) is 6.07 Å². The van der Waals surface area contributed by atoms with Crippen LogP contribution < -0.4 is 5.32 Å². The Morgan fingerprint density at radius 1 is 1.43 bits per heavy atom. The van der Waals surface area contributed by atoms with E-state index in [4.69, 9.17) is 0 Å². The van der Waals surface area contributed by atoms with E-state index in [0.717, 1.165) is 12.2 Å². The van der Waals surface area contributed by atoms with Gasteiger partial charge < -0.3 is 5.32 Å². The van der Waals surface area contributed by atoms with Gasteiger partial charge in [-0.25, -0.2) is 0 Å². The Labute approximate surface area is 87.6 Å². The van der Waals surface area contributed by atoms with Crippen molar-refractivity contribution in [2.24, 2.45) is 0 Å². The van der Waals surface area contributed by atoms with E-state index in [-0.39, 0.29) is 0 Å². The quantitative estimate of drug-likeness (QED) is 0.831. The molecule has 2 heterocycles. The number of aromatic nitrogens is 1. The van der Waals surface area contributed by atoms with Crippen LogP contribution in [0.25, 0.3) is 11.3 Å². The number of pyridine rings is 1. The van der Waals surface area contributed by atoms with Crippen LogP contribution in [0.2, 0.25) is 0 Å². The molecular formula is C11H12N2S. The van der Waals surface area contributed by atoms with Crippen LogP contribution in [0.4, 0.5) is 0 Å². The van der Waals surface area contributed by atoms with E-state index in [2.05, 4.69) is 21.7 Å². The molecule has 0 saturated carbocycles. The molecule has 0 aliphatic heterocycles. The summed E-state index contributed by atoms with van der Waals surface area (Å²) in [4.78, 5) is 5.65. The van der Waals surface area contributed by atoms with Crippen molar-refractivity contribution in [3.05, 3.63) is 40.7 Å². The maximum Gasteiger partial charge on any atom is 0.0710 e. The standard InChI is InChI=1S/C11H12N2S/c1-12-7-10-6-9(8-14-10)11-4-2-3-5-13-11/h2-6,8,12H,7H2,1H3. The molecule has 0 amide bonds. The molecule has 0 bridgehead atoms. The first-order valence-corrected chi connectivity index (χ1v) is 5.41. The summed E-state index contributed by atoms with van der Waals surface area (Å²) in [5.41, 5.74) is 2.26. The van der Waals surface area contributed by atoms with Crippen LogP contribution >= 0.6 is 11.3 Å². The lowest BCUT2D eigenvalue weighted by atomic mass is 10.2. The Bertz CT molecular complexity index is 395. The zero-order valence-electron chi connectivity index (χ0n) is 8.03. The highest BCUT2D eigenvalue weighted by Gasteiger charge is 2.01. The van der Waals surface area contributed by atoms with Crippen molar-refractivity contribution < 1.29 is 0 Å². The Morgan fingerprint density at radius 2 is 2.36 bits per heavy atom. The monoisotopic (exact) mass is 204 g/mol. The molecule has 2 nitrogen and oxygen atoms in total. The number of thiophene rings is 1. The molecule has 3 heteroatoms. The van der Waals surface area contributed by atoms with Gasteiger partial charge in [-0.3, -0.25) is 4.98 Å². The molecule has 0 aliphatic rings. The number of nitrogens with one attached hydrogen (secondary N) is 1. The van der Waals surface area contributed by atoms with E-state index < -0.39 is 0 Å². The third-order valence-corrected chi connectivity index (χ3v) is 2.90. The van der Waals surface area contributed by atoms with E-state index in [1.165, 1.54) is 10.4 Å². The predicted octanol–water partition coefficient (Wildman–Crippen LogP) is 2.53. The molecule has 1 N–H and O–H groups in total. The van der Waals surface area contributed by atoms with Crippen molar-refractivity contribution in [1.82, 2.24) is 10.3 Å². The molecule has 0 radical (unpaired) electrons. The lowest BCUT2D eigenvalue weighted by Gasteiger charge is -1.94. The summed E-state index contributed by atoms with van der Waals surface area (Å²) in [5.74, 6) is 0. The first kappa shape index (κ1) is 9.37. The van der Waals surface area contributed by atoms with Gasteiger partial charge in [0.2, 0.25) is 0 Å². The van der Waals surface area contributed by atoms with Crippen LogP contribution in [0.3, 0.4) is 0 Å². The van der Waals surface area contributed by atoms with E-state index in [1.807, 2.05) is 31.4 Å². The fourth-order valence-electron chi connectivity index (χ4n) is 1.32. The average molecular weight is 204 g/mol. The summed E-state index contributed by atoms with van der Waals surface area (Å²) in [6, 6.07) is 8.16. The van der Waals surface area contributed by atoms with Crippen LogP contribution in [0.1, 0.15) is 4.88 Å². The molecule has 14 heavy (non-hydrogen) atoms. The van der Waals surface area contributed by atoms with Crippen molar-refractivity contribution in [2.75, 3.05) is 7.05 Å². The topological polar surface area (TPSA) is 24.9 Å². The highest BCUT2D eigenvalue weighted by molar-refractivity contribution is 7.10. The Balaban J connectivity index is 2.25. The Kier molecular flexibility index (Phi) is 2.91. The molecule has 0 aliphatic carbocycles. The van der Waals surface area contributed by atoms with Gasteiger partial charge in [-0.05, 0) is 25.2 Å². The molecule has 0 atom stereocenters. The molecule has 2 aromatic heterocycles. The second-order valence-electron chi connectivity index (χ2n) is 3.05. The van der Waals surface area contributed by atoms with Crippen molar-refractivity contribution in [2.45, 2.75) is 6.54 Å². The molecule has 0 aromatic carbocycles. The molecule has 2 aromatic rings. The van der Waals surface area contributed by atoms with E-state index in [0.29, 0.717) is 0 Å². The summed E-state index contributed by atoms with van der Waals surface area (Å²) in [5, 5.41) is 5.29. The normalized spacial score (nSPS) is 10.4. The molecule has 0 spiro atoms. The largest absolute Gasteiger partial charge is 0.315 e. The van der Waals surface area contributed by atoms with Gasteiger partial charge in [-0.2, -0.15) is 0 Å². The summed E-state index contributed by atoms with van der Waals surface area (Å²) in [6.45, 7) is 0.928. The van der Waals surface area contributed by atoms with Crippen molar-refractivity contribution in [3.63, 3.8) is 0 Å². The van der Waals surface area contributed by atoms with Crippen molar-refractivity contribution >= 4 is 11.3 Å². The van der Waals surface area contributed by atoms with Crippen molar-refractivity contribution in [1.29, 1.82) is 0 Å². The number of hydrogen-bond donors (Lipinski definition) is 1. The molecule has 0 fully saturated rings. The van der Waals surface area contributed by atoms with E-state index >= 15 is 0 Å². The zero-order valence-corrected chi connectivity index (χ0v) is 8.84. The van der Waals surface area contributed by atoms with Gasteiger partial charge in [0.05, 0.1) is 5.69 Å². The van der Waals surface area contributed by atoms with Crippen LogP contribution in [-0.4, -0.2) is 12.0 Å². The first-order valence-electron chi connectivity index (χ1n) is 4.53. The summed E-state index contributed by atoms with van der Waals surface area (Å²) in [6.07, 6.45) is 1.82. The highest BCUT2D eigenvalue weighted by atomic mass is 32.1. The summed E-state index contributed by atoms with van der Waals surface area (Å²) in [7, 11) is 1.96. The minimum absolute atomic E-state index is 0.928. The second-order valence-corrected chi connectivity index (χ2v) is 4.04. The maximum absolute atomic E-state index is 4.31. The predicted molar refractivity (Wildman–Crippen MR) is 60.3 cm³/mol. The fourth-order valence-corrected chi connectivity index (χ4v) is 2.21. The number of nitrogens with zero attached hydrogens (tertiary/aromatic N) is 1. The molecule has 2 rings (SSSR count). The van der Waals surface area contributed by atoms with Crippen LogP contribution in [0.15, 0.2) is 35.8 Å². The minimum Gasteiger partial charge on any atom is -0.315 e. The van der Waals surface area contributed by atoms with Gasteiger partial charge in [0.15, 0.2) is 0 Å². The third-order valence-electron chi connectivity index (χ3n) is 1.97. The van der Waals surface area contributed by atoms with Gasteiger partial charge in [0, 0.05) is 28.6 Å². The number of rotatable bonds is 3. The summed E-state index contributed by atoms with van der Waals surface area (Å²) >= 11 is 1.77. The lowest BCUT2D eigenvalue weighted by Crippen LogP contribution is -2.02. The Hall–Kier alpha value is -1.19. The second kappa shape index (κ2) is 4.35. The average Bonchev–Trinajstić information content (AvgIpc) is 2.68.